The smallest absolute Gasteiger partial charge is 0.285 e. The maximum atomic E-state index is 12.9. The summed E-state index contributed by atoms with van der Waals surface area (Å²) in [6.45, 7) is 0. The topological polar surface area (TPSA) is 40.5 Å². The first-order valence-electron chi connectivity index (χ1n) is 15.5. The zero-order chi connectivity index (χ0) is 30.0. The molecule has 0 spiro atoms. The van der Waals surface area contributed by atoms with Crippen LogP contribution >= 0.6 is 0 Å². The summed E-state index contributed by atoms with van der Waals surface area (Å²) in [5.74, 6) is 0. The van der Waals surface area contributed by atoms with E-state index < -0.39 is 16.6 Å². The van der Waals surface area contributed by atoms with Crippen LogP contribution in [0.2, 0.25) is 0 Å². The molecule has 0 amide bonds. The van der Waals surface area contributed by atoms with Gasteiger partial charge in [-0.05, 0) is 79.1 Å². The van der Waals surface area contributed by atoms with Crippen molar-refractivity contribution in [1.29, 1.82) is 0 Å². The SMILES string of the molecule is O[Si](c1ccccc1)(c1ccccc1)c1cc2ccc1CCc1ccc(c([Si](O)(c3ccccc3)c3ccccc3)c1)CC2. The minimum atomic E-state index is -3.26. The van der Waals surface area contributed by atoms with E-state index in [0.717, 1.165) is 56.8 Å². The quantitative estimate of drug-likeness (QED) is 0.226. The minimum Gasteiger partial charge on any atom is -0.421 e. The summed E-state index contributed by atoms with van der Waals surface area (Å²) < 4.78 is 0. The van der Waals surface area contributed by atoms with E-state index in [1.165, 1.54) is 22.3 Å². The Labute approximate surface area is 262 Å². The van der Waals surface area contributed by atoms with Crippen molar-refractivity contribution in [3.63, 3.8) is 0 Å². The van der Waals surface area contributed by atoms with Gasteiger partial charge in [-0.25, -0.2) is 0 Å². The molecule has 4 bridgehead atoms. The largest absolute Gasteiger partial charge is 0.421 e. The van der Waals surface area contributed by atoms with E-state index in [4.69, 9.17) is 0 Å². The number of benzene rings is 6. The molecule has 6 aromatic rings. The summed E-state index contributed by atoms with van der Waals surface area (Å²) in [4.78, 5) is 25.8. The van der Waals surface area contributed by atoms with E-state index >= 15 is 0 Å². The average Bonchev–Trinajstić information content (AvgIpc) is 3.10. The molecule has 0 heterocycles. The molecule has 44 heavy (non-hydrogen) atoms. The lowest BCUT2D eigenvalue weighted by molar-refractivity contribution is 0.582. The van der Waals surface area contributed by atoms with Crippen molar-refractivity contribution in [3.05, 3.63) is 180 Å². The molecule has 216 valence electrons. The second-order valence-corrected chi connectivity index (χ2v) is 18.1. The molecule has 0 atom stereocenters. The van der Waals surface area contributed by atoms with Gasteiger partial charge in [-0.2, -0.15) is 0 Å². The van der Waals surface area contributed by atoms with Crippen LogP contribution in [0.15, 0.2) is 158 Å². The molecule has 4 heteroatoms. The second kappa shape index (κ2) is 12.0. The number of rotatable bonds is 6. The molecule has 0 saturated heterocycles. The Hall–Kier alpha value is -4.33. The van der Waals surface area contributed by atoms with Crippen LogP contribution in [0.1, 0.15) is 22.3 Å². The molecule has 4 aliphatic rings. The predicted octanol–water partition coefficient (Wildman–Crippen LogP) is 3.49. The first kappa shape index (κ1) is 28.4. The van der Waals surface area contributed by atoms with Gasteiger partial charge in [-0.3, -0.25) is 0 Å². The van der Waals surface area contributed by atoms with Crippen LogP contribution in [-0.4, -0.2) is 26.2 Å². The highest BCUT2D eigenvalue weighted by molar-refractivity contribution is 7.07. The third-order valence-corrected chi connectivity index (χ3v) is 16.4. The van der Waals surface area contributed by atoms with Gasteiger partial charge in [-0.15, -0.1) is 0 Å². The minimum absolute atomic E-state index is 0.806. The first-order valence-corrected chi connectivity index (χ1v) is 19.4. The molecule has 0 unspecified atom stereocenters. The molecule has 0 radical (unpaired) electrons. The highest BCUT2D eigenvalue weighted by Gasteiger charge is 2.41. The molecule has 0 aromatic heterocycles. The number of hydrogen-bond donors (Lipinski definition) is 2. The standard InChI is InChI=1S/C40H36O2Si2/c41-43(35-13-5-1-6-14-35,36-15-7-2-8-16-36)39-29-31-21-25-33(39)27-23-32-22-26-34(28-24-31)40(30-32)44(42,37-17-9-3-10-18-37)38-19-11-4-12-20-38/h1-22,25-26,29-30,41-42H,23-24,27-28H2. The molecule has 6 aromatic carbocycles. The van der Waals surface area contributed by atoms with Gasteiger partial charge in [0.15, 0.2) is 0 Å². The lowest BCUT2D eigenvalue weighted by atomic mass is 9.96. The van der Waals surface area contributed by atoms with Crippen LogP contribution in [-0.2, 0) is 25.7 Å². The second-order valence-electron chi connectivity index (χ2n) is 11.9. The molecule has 2 nitrogen and oxygen atoms in total. The molecular weight excluding hydrogens is 569 g/mol. The maximum absolute atomic E-state index is 12.9. The zero-order valence-corrected chi connectivity index (χ0v) is 26.7. The molecule has 2 N–H and O–H groups in total. The van der Waals surface area contributed by atoms with Gasteiger partial charge >= 0.3 is 0 Å². The van der Waals surface area contributed by atoms with Gasteiger partial charge in [-0.1, -0.05) is 158 Å². The highest BCUT2D eigenvalue weighted by Crippen LogP contribution is 2.19. The van der Waals surface area contributed by atoms with Crippen LogP contribution in [0.25, 0.3) is 0 Å². The van der Waals surface area contributed by atoms with Gasteiger partial charge in [0.25, 0.3) is 16.6 Å². The van der Waals surface area contributed by atoms with Crippen molar-refractivity contribution in [2.24, 2.45) is 0 Å². The van der Waals surface area contributed by atoms with E-state index in [9.17, 15) is 9.59 Å². The third-order valence-electron chi connectivity index (χ3n) is 9.26. The summed E-state index contributed by atoms with van der Waals surface area (Å²) >= 11 is 0. The van der Waals surface area contributed by atoms with E-state index in [2.05, 4.69) is 84.9 Å². The Kier molecular flexibility index (Phi) is 7.75. The lowest BCUT2D eigenvalue weighted by Gasteiger charge is -2.31. The normalized spacial score (nSPS) is 13.3. The fourth-order valence-electron chi connectivity index (χ4n) is 6.90. The van der Waals surface area contributed by atoms with Crippen molar-refractivity contribution in [1.82, 2.24) is 0 Å². The summed E-state index contributed by atoms with van der Waals surface area (Å²) in [5.41, 5.74) is 4.81. The summed E-state index contributed by atoms with van der Waals surface area (Å²) in [7, 11) is -6.52. The highest BCUT2D eigenvalue weighted by atomic mass is 28.4. The molecule has 4 aliphatic carbocycles. The molecule has 0 fully saturated rings. The summed E-state index contributed by atoms with van der Waals surface area (Å²) in [6.07, 6.45) is 3.25. The van der Waals surface area contributed by atoms with Crippen LogP contribution in [0.4, 0.5) is 0 Å². The predicted molar refractivity (Wildman–Crippen MR) is 187 cm³/mol. The molecule has 0 saturated carbocycles. The first-order chi connectivity index (χ1) is 21.6. The van der Waals surface area contributed by atoms with Gasteiger partial charge in [0.1, 0.15) is 0 Å². The van der Waals surface area contributed by atoms with Crippen molar-refractivity contribution >= 4 is 47.8 Å². The van der Waals surface area contributed by atoms with E-state index in [1.54, 1.807) is 0 Å². The number of aryl methyl sites for hydroxylation is 4. The third kappa shape index (κ3) is 5.10. The summed E-state index contributed by atoms with van der Waals surface area (Å²) in [5, 5.41) is 6.19. The Morgan fingerprint density at radius 2 is 0.636 bits per heavy atom. The van der Waals surface area contributed by atoms with Crippen LogP contribution in [0.3, 0.4) is 0 Å². The summed E-state index contributed by atoms with van der Waals surface area (Å²) in [6, 6.07) is 54.6. The van der Waals surface area contributed by atoms with Gasteiger partial charge in [0.05, 0.1) is 0 Å². The van der Waals surface area contributed by atoms with Crippen LogP contribution in [0.5, 0.6) is 0 Å². The van der Waals surface area contributed by atoms with Crippen LogP contribution < -0.4 is 31.1 Å². The lowest BCUT2D eigenvalue weighted by Crippen LogP contribution is -2.68. The Bertz CT molecular complexity index is 1650. The Morgan fingerprint density at radius 1 is 0.341 bits per heavy atom. The van der Waals surface area contributed by atoms with Gasteiger partial charge < -0.3 is 9.59 Å². The Balaban J connectivity index is 1.36. The average molecular weight is 605 g/mol. The monoisotopic (exact) mass is 604 g/mol. The van der Waals surface area contributed by atoms with Crippen molar-refractivity contribution < 1.29 is 9.59 Å². The molecule has 0 aliphatic heterocycles. The zero-order valence-electron chi connectivity index (χ0n) is 24.7. The van der Waals surface area contributed by atoms with E-state index in [-0.39, 0.29) is 0 Å². The van der Waals surface area contributed by atoms with Crippen molar-refractivity contribution in [2.45, 2.75) is 25.7 Å². The van der Waals surface area contributed by atoms with Crippen molar-refractivity contribution in [3.8, 4) is 0 Å². The van der Waals surface area contributed by atoms with E-state index in [1.807, 2.05) is 72.8 Å². The maximum Gasteiger partial charge on any atom is 0.285 e. The fraction of sp³-hybridized carbons (Fsp3) is 0.100. The molecular formula is C40H36O2Si2. The fourth-order valence-corrected chi connectivity index (χ4v) is 13.6. The van der Waals surface area contributed by atoms with Gasteiger partial charge in [0.2, 0.25) is 0 Å². The Morgan fingerprint density at radius 3 is 0.932 bits per heavy atom. The number of hydrogen-bond acceptors (Lipinski definition) is 2. The van der Waals surface area contributed by atoms with E-state index in [0.29, 0.717) is 0 Å². The molecule has 10 rings (SSSR count). The van der Waals surface area contributed by atoms with Crippen molar-refractivity contribution in [2.75, 3.05) is 0 Å². The van der Waals surface area contributed by atoms with Gasteiger partial charge in [0, 0.05) is 0 Å². The van der Waals surface area contributed by atoms with Crippen LogP contribution in [0, 0.1) is 0 Å².